The third-order valence-electron chi connectivity index (χ3n) is 4.03. The van der Waals surface area contributed by atoms with Crippen LogP contribution in [-0.2, 0) is 4.79 Å². The minimum absolute atomic E-state index is 0.0321. The van der Waals surface area contributed by atoms with Crippen LogP contribution in [-0.4, -0.2) is 29.6 Å². The maximum absolute atomic E-state index is 12.2. The molecule has 3 aromatic carbocycles. The van der Waals surface area contributed by atoms with Crippen molar-refractivity contribution in [3.63, 3.8) is 0 Å². The monoisotopic (exact) mass is 575 g/mol. The van der Waals surface area contributed by atoms with Gasteiger partial charge in [-0.3, -0.25) is 14.9 Å². The second kappa shape index (κ2) is 11.3. The summed E-state index contributed by atoms with van der Waals surface area (Å²) in [5, 5.41) is 14.9. The fraction of sp³-hybridized carbons (Fsp3) is 0.0455. The van der Waals surface area contributed by atoms with Gasteiger partial charge in [-0.2, -0.15) is 5.10 Å². The number of hydrazone groups is 1. The van der Waals surface area contributed by atoms with E-state index >= 15 is 0 Å². The second-order valence-electron chi connectivity index (χ2n) is 6.42. The Bertz CT molecular complexity index is 1220. The van der Waals surface area contributed by atoms with Crippen LogP contribution in [0.2, 0.25) is 0 Å². The Morgan fingerprint density at radius 2 is 1.76 bits per heavy atom. The Balaban J connectivity index is 1.50. The molecule has 0 heterocycles. The molecule has 0 saturated carbocycles. The molecule has 0 radical (unpaired) electrons. The molecule has 33 heavy (non-hydrogen) atoms. The van der Waals surface area contributed by atoms with E-state index in [0.717, 1.165) is 4.47 Å². The predicted octanol–water partition coefficient (Wildman–Crippen LogP) is 4.87. The van der Waals surface area contributed by atoms with Crippen LogP contribution in [0.25, 0.3) is 0 Å². The van der Waals surface area contributed by atoms with Crippen LogP contribution in [0.3, 0.4) is 0 Å². The van der Waals surface area contributed by atoms with E-state index in [1.54, 1.807) is 54.6 Å². The number of nitrogens with zero attached hydrogens (tertiary/aromatic N) is 2. The summed E-state index contributed by atoms with van der Waals surface area (Å²) < 4.78 is 11.8. The number of ether oxygens (including phenoxy) is 2. The Morgan fingerprint density at radius 3 is 2.45 bits per heavy atom. The minimum atomic E-state index is -0.601. The molecule has 1 amide bonds. The van der Waals surface area contributed by atoms with Crippen LogP contribution < -0.4 is 14.9 Å². The van der Waals surface area contributed by atoms with E-state index in [1.165, 1.54) is 18.3 Å². The van der Waals surface area contributed by atoms with Gasteiger partial charge < -0.3 is 9.47 Å². The topological polar surface area (TPSA) is 120 Å². The number of hydrogen-bond acceptors (Lipinski definition) is 7. The van der Waals surface area contributed by atoms with Crippen LogP contribution in [0.4, 0.5) is 5.69 Å². The number of rotatable bonds is 8. The van der Waals surface area contributed by atoms with Gasteiger partial charge in [-0.15, -0.1) is 0 Å². The van der Waals surface area contributed by atoms with Gasteiger partial charge in [0.1, 0.15) is 5.75 Å². The summed E-state index contributed by atoms with van der Waals surface area (Å²) in [6.07, 6.45) is 1.39. The first-order valence-electron chi connectivity index (χ1n) is 9.28. The highest BCUT2D eigenvalue weighted by atomic mass is 79.9. The first-order valence-corrected chi connectivity index (χ1v) is 10.9. The number of carbonyl (C=O) groups excluding carboxylic acids is 2. The van der Waals surface area contributed by atoms with Crippen molar-refractivity contribution in [3.05, 3.63) is 96.9 Å². The average Bonchev–Trinajstić information content (AvgIpc) is 2.79. The molecule has 11 heteroatoms. The minimum Gasteiger partial charge on any atom is -0.477 e. The van der Waals surface area contributed by atoms with Gasteiger partial charge in [-0.1, -0.05) is 37.9 Å². The van der Waals surface area contributed by atoms with Crippen molar-refractivity contribution in [1.29, 1.82) is 0 Å². The zero-order valence-corrected chi connectivity index (χ0v) is 19.9. The van der Waals surface area contributed by atoms with E-state index in [2.05, 4.69) is 42.4 Å². The Kier molecular flexibility index (Phi) is 8.28. The number of nitro groups is 1. The number of hydrogen-bond donors (Lipinski definition) is 1. The van der Waals surface area contributed by atoms with Crippen molar-refractivity contribution in [2.24, 2.45) is 5.10 Å². The molecule has 0 aliphatic heterocycles. The highest BCUT2D eigenvalue weighted by Gasteiger charge is 2.16. The summed E-state index contributed by atoms with van der Waals surface area (Å²) in [4.78, 5) is 34.5. The highest BCUT2D eigenvalue weighted by Crippen LogP contribution is 2.29. The quantitative estimate of drug-likeness (QED) is 0.134. The SMILES string of the molecule is O=C(COc1ccc(Br)cc1[N+](=O)[O-])N/N=C/c1ccc(OC(=O)c2cccc(Br)c2)cc1. The van der Waals surface area contributed by atoms with Crippen molar-refractivity contribution in [2.45, 2.75) is 0 Å². The molecule has 1 N–H and O–H groups in total. The first-order chi connectivity index (χ1) is 15.8. The van der Waals surface area contributed by atoms with Gasteiger partial charge >= 0.3 is 11.7 Å². The second-order valence-corrected chi connectivity index (χ2v) is 8.25. The number of halogens is 2. The molecule has 9 nitrogen and oxygen atoms in total. The van der Waals surface area contributed by atoms with Gasteiger partial charge in [0, 0.05) is 15.0 Å². The normalized spacial score (nSPS) is 10.6. The molecule has 0 bridgehead atoms. The summed E-state index contributed by atoms with van der Waals surface area (Å²) in [5.74, 6) is -0.764. The lowest BCUT2D eigenvalue weighted by molar-refractivity contribution is -0.385. The van der Waals surface area contributed by atoms with Gasteiger partial charge in [0.15, 0.2) is 12.4 Å². The van der Waals surface area contributed by atoms with E-state index in [9.17, 15) is 19.7 Å². The van der Waals surface area contributed by atoms with Gasteiger partial charge in [0.25, 0.3) is 5.91 Å². The molecule has 3 aromatic rings. The molecule has 0 aliphatic rings. The van der Waals surface area contributed by atoms with Crippen molar-refractivity contribution >= 4 is 55.6 Å². The third kappa shape index (κ3) is 7.22. The lowest BCUT2D eigenvalue weighted by Crippen LogP contribution is -2.24. The molecule has 3 rings (SSSR count). The van der Waals surface area contributed by atoms with Gasteiger partial charge in [-0.25, -0.2) is 10.2 Å². The standard InChI is InChI=1S/C22H15Br2N3O6/c23-16-3-1-2-15(10-16)22(29)33-18-7-4-14(5-8-18)12-25-26-21(28)13-32-20-9-6-17(24)11-19(20)27(30)31/h1-12H,13H2,(H,26,28)/b25-12+. The zero-order valence-electron chi connectivity index (χ0n) is 16.7. The summed E-state index contributed by atoms with van der Waals surface area (Å²) in [7, 11) is 0. The Morgan fingerprint density at radius 1 is 1.03 bits per heavy atom. The summed E-state index contributed by atoms with van der Waals surface area (Å²) in [6, 6.07) is 17.6. The van der Waals surface area contributed by atoms with Crippen LogP contribution in [0.1, 0.15) is 15.9 Å². The number of esters is 1. The molecule has 0 aromatic heterocycles. The molecule has 0 spiro atoms. The van der Waals surface area contributed by atoms with Crippen LogP contribution in [0.5, 0.6) is 11.5 Å². The molecule has 0 saturated heterocycles. The van der Waals surface area contributed by atoms with E-state index in [-0.39, 0.29) is 11.4 Å². The fourth-order valence-electron chi connectivity index (χ4n) is 2.51. The number of nitrogens with one attached hydrogen (secondary N) is 1. The van der Waals surface area contributed by atoms with Crippen molar-refractivity contribution in [1.82, 2.24) is 5.43 Å². The van der Waals surface area contributed by atoms with Crippen LogP contribution in [0, 0.1) is 10.1 Å². The van der Waals surface area contributed by atoms with E-state index in [1.807, 2.05) is 0 Å². The van der Waals surface area contributed by atoms with E-state index in [0.29, 0.717) is 21.3 Å². The Labute approximate surface area is 204 Å². The zero-order chi connectivity index (χ0) is 23.8. The van der Waals surface area contributed by atoms with Gasteiger partial charge in [0.05, 0.1) is 16.7 Å². The Hall–Kier alpha value is -3.57. The smallest absolute Gasteiger partial charge is 0.343 e. The van der Waals surface area contributed by atoms with Gasteiger partial charge in [-0.05, 0) is 60.2 Å². The molecule has 0 unspecified atom stereocenters. The molecule has 0 aliphatic carbocycles. The van der Waals surface area contributed by atoms with Crippen LogP contribution in [0.15, 0.2) is 80.8 Å². The number of nitro benzene ring substituents is 1. The maximum atomic E-state index is 12.2. The lowest BCUT2D eigenvalue weighted by Gasteiger charge is -2.06. The van der Waals surface area contributed by atoms with Crippen molar-refractivity contribution in [2.75, 3.05) is 6.61 Å². The molecule has 0 atom stereocenters. The maximum Gasteiger partial charge on any atom is 0.343 e. The highest BCUT2D eigenvalue weighted by molar-refractivity contribution is 9.10. The number of carbonyl (C=O) groups is 2. The first kappa shape index (κ1) is 24.1. The molecular formula is C22H15Br2N3O6. The van der Waals surface area contributed by atoms with Crippen molar-refractivity contribution in [3.8, 4) is 11.5 Å². The number of amides is 1. The summed E-state index contributed by atoms with van der Waals surface area (Å²) in [5.41, 5.74) is 3.06. The molecule has 0 fully saturated rings. The average molecular weight is 577 g/mol. The van der Waals surface area contributed by atoms with E-state index < -0.39 is 23.4 Å². The van der Waals surface area contributed by atoms with Crippen molar-refractivity contribution < 1.29 is 24.0 Å². The lowest BCUT2D eigenvalue weighted by atomic mass is 10.2. The third-order valence-corrected chi connectivity index (χ3v) is 5.02. The largest absolute Gasteiger partial charge is 0.477 e. The van der Waals surface area contributed by atoms with Gasteiger partial charge in [0.2, 0.25) is 0 Å². The summed E-state index contributed by atoms with van der Waals surface area (Å²) in [6.45, 7) is -0.454. The number of benzene rings is 3. The predicted molar refractivity (Wildman–Crippen MR) is 128 cm³/mol. The molecular weight excluding hydrogens is 562 g/mol. The molecule has 168 valence electrons. The summed E-state index contributed by atoms with van der Waals surface area (Å²) >= 11 is 6.45. The van der Waals surface area contributed by atoms with Crippen LogP contribution >= 0.6 is 31.9 Å². The fourth-order valence-corrected chi connectivity index (χ4v) is 3.26. The van der Waals surface area contributed by atoms with E-state index in [4.69, 9.17) is 9.47 Å².